The number of hydrogen-bond acceptors (Lipinski definition) is 2. The summed E-state index contributed by atoms with van der Waals surface area (Å²) in [4.78, 5) is 11.3. The quantitative estimate of drug-likeness (QED) is 0.387. The fourth-order valence-corrected chi connectivity index (χ4v) is 11.0. The van der Waals surface area contributed by atoms with Gasteiger partial charge in [0.25, 0.3) is 0 Å². The van der Waals surface area contributed by atoms with Gasteiger partial charge >= 0.3 is 5.97 Å². The first-order valence-electron chi connectivity index (χ1n) is 14.9. The molecule has 2 N–H and O–H groups in total. The Balaban J connectivity index is 1.56. The van der Waals surface area contributed by atoms with Gasteiger partial charge in [0.15, 0.2) is 0 Å². The zero-order valence-corrected chi connectivity index (χ0v) is 24.1. The average Bonchev–Trinajstić information content (AvgIpc) is 2.77. The van der Waals surface area contributed by atoms with Crippen LogP contribution < -0.4 is 0 Å². The van der Waals surface area contributed by atoms with Gasteiger partial charge < -0.3 is 10.2 Å². The fourth-order valence-electron chi connectivity index (χ4n) is 11.0. The summed E-state index contributed by atoms with van der Waals surface area (Å²) in [5.74, 6) is 1.04. The second-order valence-corrected chi connectivity index (χ2v) is 15.8. The Bertz CT molecular complexity index is 973. The van der Waals surface area contributed by atoms with E-state index < -0.39 is 5.97 Å². The minimum absolute atomic E-state index is 0.0106. The van der Waals surface area contributed by atoms with Crippen LogP contribution in [0.2, 0.25) is 0 Å². The molecule has 202 valence electrons. The van der Waals surface area contributed by atoms with Gasteiger partial charge in [0.05, 0.1) is 12.5 Å². The SMILES string of the molecule is CC1(C)CC[C@]2(/C=C/CC(=O)O)CC[C@]3(C)C(=CCC4[C@@]5(C)CC[C@H](O)C(C)(C)C5CC[C@]43C)C2C1. The predicted octanol–water partition coefficient (Wildman–Crippen LogP) is 8.18. The molecule has 0 aromatic heterocycles. The average molecular weight is 497 g/mol. The largest absolute Gasteiger partial charge is 0.481 e. The van der Waals surface area contributed by atoms with Crippen LogP contribution in [0.25, 0.3) is 0 Å². The summed E-state index contributed by atoms with van der Waals surface area (Å²) in [6.07, 6.45) is 18.7. The summed E-state index contributed by atoms with van der Waals surface area (Å²) in [7, 11) is 0. The van der Waals surface area contributed by atoms with Crippen LogP contribution in [-0.4, -0.2) is 22.3 Å². The van der Waals surface area contributed by atoms with Gasteiger partial charge in [0.1, 0.15) is 0 Å². The topological polar surface area (TPSA) is 57.5 Å². The summed E-state index contributed by atoms with van der Waals surface area (Å²) in [5.41, 5.74) is 2.92. The first-order valence-corrected chi connectivity index (χ1v) is 14.9. The number of aliphatic carboxylic acids is 1. The molecule has 0 aromatic carbocycles. The second-order valence-electron chi connectivity index (χ2n) is 15.8. The van der Waals surface area contributed by atoms with Crippen LogP contribution in [0, 0.1) is 50.2 Å². The molecular weight excluding hydrogens is 444 g/mol. The smallest absolute Gasteiger partial charge is 0.307 e. The van der Waals surface area contributed by atoms with Crippen LogP contribution >= 0.6 is 0 Å². The van der Waals surface area contributed by atoms with Crippen LogP contribution in [0.3, 0.4) is 0 Å². The first kappa shape index (κ1) is 26.5. The maximum absolute atomic E-state index is 11.3. The maximum Gasteiger partial charge on any atom is 0.307 e. The second kappa shape index (κ2) is 8.20. The zero-order chi connectivity index (χ0) is 26.4. The highest BCUT2D eigenvalue weighted by molar-refractivity contribution is 5.68. The van der Waals surface area contributed by atoms with E-state index in [1.807, 2.05) is 6.08 Å². The molecule has 0 aliphatic heterocycles. The zero-order valence-electron chi connectivity index (χ0n) is 24.1. The summed E-state index contributed by atoms with van der Waals surface area (Å²) >= 11 is 0. The molecule has 0 saturated heterocycles. The highest BCUT2D eigenvalue weighted by Crippen LogP contribution is 2.75. The third-order valence-corrected chi connectivity index (χ3v) is 13.4. The number of rotatable bonds is 3. The lowest BCUT2D eigenvalue weighted by Crippen LogP contribution is -2.64. The minimum atomic E-state index is -0.728. The molecule has 5 aliphatic rings. The minimum Gasteiger partial charge on any atom is -0.481 e. The number of fused-ring (bicyclic) bond motifs is 7. The number of aliphatic hydroxyl groups excluding tert-OH is 1. The van der Waals surface area contributed by atoms with Crippen LogP contribution in [0.5, 0.6) is 0 Å². The fraction of sp³-hybridized carbons (Fsp3) is 0.848. The Hall–Kier alpha value is -1.09. The van der Waals surface area contributed by atoms with Crippen molar-refractivity contribution in [2.45, 2.75) is 125 Å². The highest BCUT2D eigenvalue weighted by atomic mass is 16.4. The van der Waals surface area contributed by atoms with Gasteiger partial charge in [-0.2, -0.15) is 0 Å². The Morgan fingerprint density at radius 1 is 0.944 bits per heavy atom. The highest BCUT2D eigenvalue weighted by Gasteiger charge is 2.68. The van der Waals surface area contributed by atoms with Crippen LogP contribution in [0.1, 0.15) is 119 Å². The first-order chi connectivity index (χ1) is 16.6. The summed E-state index contributed by atoms with van der Waals surface area (Å²) in [5, 5.41) is 20.3. The van der Waals surface area contributed by atoms with Gasteiger partial charge in [-0.3, -0.25) is 4.79 Å². The van der Waals surface area contributed by atoms with E-state index in [9.17, 15) is 15.0 Å². The van der Waals surface area contributed by atoms with Gasteiger partial charge in [0, 0.05) is 0 Å². The van der Waals surface area contributed by atoms with Crippen LogP contribution in [-0.2, 0) is 4.79 Å². The van der Waals surface area contributed by atoms with Crippen LogP contribution in [0.4, 0.5) is 0 Å². The molecule has 4 saturated carbocycles. The lowest BCUT2D eigenvalue weighted by molar-refractivity contribution is -0.202. The molecule has 3 nitrogen and oxygen atoms in total. The molecule has 0 spiro atoms. The van der Waals surface area contributed by atoms with Crippen LogP contribution in [0.15, 0.2) is 23.8 Å². The number of aliphatic hydroxyl groups is 1. The Kier molecular flexibility index (Phi) is 6.04. The number of hydrogen-bond donors (Lipinski definition) is 2. The van der Waals surface area contributed by atoms with Crippen molar-refractivity contribution < 1.29 is 15.0 Å². The lowest BCUT2D eigenvalue weighted by atomic mass is 9.33. The molecule has 3 heteroatoms. The van der Waals surface area contributed by atoms with Gasteiger partial charge in [-0.25, -0.2) is 0 Å². The maximum atomic E-state index is 11.3. The molecule has 3 unspecified atom stereocenters. The van der Waals surface area contributed by atoms with Gasteiger partial charge in [-0.05, 0) is 114 Å². The van der Waals surface area contributed by atoms with Gasteiger partial charge in [-0.1, -0.05) is 72.3 Å². The van der Waals surface area contributed by atoms with E-state index in [2.05, 4.69) is 60.6 Å². The van der Waals surface area contributed by atoms with Gasteiger partial charge in [-0.15, -0.1) is 0 Å². The molecule has 0 bridgehead atoms. The summed E-state index contributed by atoms with van der Waals surface area (Å²) in [6.45, 7) is 17.4. The molecule has 0 heterocycles. The number of carboxylic acid groups (broad SMARTS) is 1. The van der Waals surface area contributed by atoms with Crippen molar-refractivity contribution in [2.75, 3.05) is 0 Å². The normalized spacial score (nSPS) is 49.3. The standard InChI is InChI=1S/C33H52O3/c1-28(2)17-19-33(14-8-9-27(35)36)20-18-31(6)22(23(33)21-28)10-11-25-30(5)15-13-26(34)29(3,4)24(30)12-16-32(25,31)7/h8,10,14,23-26,34H,9,11-13,15-21H2,1-7H3,(H,35,36)/b14-8+/t23?,24?,25?,26-,30-,31+,32+,33+/m0/s1. The molecule has 0 radical (unpaired) electrons. The van der Waals surface area contributed by atoms with E-state index in [0.717, 1.165) is 12.8 Å². The molecule has 36 heavy (non-hydrogen) atoms. The molecule has 0 aromatic rings. The van der Waals surface area contributed by atoms with E-state index in [1.54, 1.807) is 5.57 Å². The molecule has 8 atom stereocenters. The molecule has 5 aliphatic carbocycles. The van der Waals surface area contributed by atoms with Crippen molar-refractivity contribution in [3.05, 3.63) is 23.8 Å². The Morgan fingerprint density at radius 3 is 2.33 bits per heavy atom. The van der Waals surface area contributed by atoms with E-state index >= 15 is 0 Å². The predicted molar refractivity (Wildman–Crippen MR) is 146 cm³/mol. The lowest BCUT2D eigenvalue weighted by Gasteiger charge is -2.71. The summed E-state index contributed by atoms with van der Waals surface area (Å²) in [6, 6.07) is 0. The van der Waals surface area contributed by atoms with E-state index in [-0.39, 0.29) is 39.6 Å². The third kappa shape index (κ3) is 3.57. The number of carbonyl (C=O) groups is 1. The number of carboxylic acids is 1. The van der Waals surface area contributed by atoms with E-state index in [4.69, 9.17) is 0 Å². The van der Waals surface area contributed by atoms with E-state index in [0.29, 0.717) is 23.2 Å². The van der Waals surface area contributed by atoms with Crippen molar-refractivity contribution in [3.63, 3.8) is 0 Å². The van der Waals surface area contributed by atoms with Crippen molar-refractivity contribution in [1.29, 1.82) is 0 Å². The van der Waals surface area contributed by atoms with Gasteiger partial charge in [0.2, 0.25) is 0 Å². The molecule has 4 fully saturated rings. The third-order valence-electron chi connectivity index (χ3n) is 13.4. The van der Waals surface area contributed by atoms with Crippen molar-refractivity contribution in [2.24, 2.45) is 50.2 Å². The number of allylic oxidation sites excluding steroid dienone is 3. The monoisotopic (exact) mass is 496 g/mol. The van der Waals surface area contributed by atoms with Crippen molar-refractivity contribution >= 4 is 5.97 Å². The molecule has 5 rings (SSSR count). The Labute approximate surface area is 220 Å². The van der Waals surface area contributed by atoms with Crippen molar-refractivity contribution in [3.8, 4) is 0 Å². The Morgan fingerprint density at radius 2 is 1.64 bits per heavy atom. The van der Waals surface area contributed by atoms with Crippen molar-refractivity contribution in [1.82, 2.24) is 0 Å². The molecule has 0 amide bonds. The van der Waals surface area contributed by atoms with E-state index in [1.165, 1.54) is 51.4 Å². The molecular formula is C33H52O3. The summed E-state index contributed by atoms with van der Waals surface area (Å²) < 4.78 is 0.